The quantitative estimate of drug-likeness (QED) is 0.366. The Kier molecular flexibility index (Phi) is 6.37. The van der Waals surface area contributed by atoms with E-state index in [0.717, 1.165) is 36.8 Å². The van der Waals surface area contributed by atoms with Crippen molar-refractivity contribution in [1.82, 2.24) is 14.3 Å². The van der Waals surface area contributed by atoms with Crippen LogP contribution in [0.5, 0.6) is 11.5 Å². The molecule has 2 aromatic heterocycles. The normalized spacial score (nSPS) is 18.8. The highest BCUT2D eigenvalue weighted by molar-refractivity contribution is 8.26. The molecule has 2 aliphatic heterocycles. The second-order valence-corrected chi connectivity index (χ2v) is 11.2. The van der Waals surface area contributed by atoms with Crippen LogP contribution in [-0.4, -0.2) is 37.3 Å². The molecule has 1 saturated carbocycles. The number of rotatable bonds is 5. The van der Waals surface area contributed by atoms with Crippen molar-refractivity contribution in [2.24, 2.45) is 0 Å². The van der Waals surface area contributed by atoms with Crippen LogP contribution in [-0.2, 0) is 11.3 Å². The molecule has 1 N–H and O–H groups in total. The topological polar surface area (TPSA) is 85.2 Å². The van der Waals surface area contributed by atoms with Gasteiger partial charge in [-0.25, -0.2) is 4.98 Å². The van der Waals surface area contributed by atoms with E-state index in [4.69, 9.17) is 26.7 Å². The van der Waals surface area contributed by atoms with Gasteiger partial charge >= 0.3 is 0 Å². The molecule has 1 amide bonds. The first-order chi connectivity index (χ1) is 18.0. The Bertz CT molecular complexity index is 1510. The first-order valence-corrected chi connectivity index (χ1v) is 13.6. The number of amides is 1. The molecule has 37 heavy (non-hydrogen) atoms. The summed E-state index contributed by atoms with van der Waals surface area (Å²) in [5.74, 6) is 1.63. The fraction of sp³-hybridized carbons (Fsp3) is 0.333. The van der Waals surface area contributed by atoms with E-state index in [9.17, 15) is 9.59 Å². The average Bonchev–Trinajstić information content (AvgIpc) is 3.47. The molecule has 8 nitrogen and oxygen atoms in total. The summed E-state index contributed by atoms with van der Waals surface area (Å²) in [4.78, 5) is 33.9. The molecular formula is C27H26N4O4S2. The van der Waals surface area contributed by atoms with Crippen LogP contribution in [0.15, 0.2) is 46.2 Å². The van der Waals surface area contributed by atoms with Gasteiger partial charge in [0.2, 0.25) is 6.79 Å². The number of fused-ring (bicyclic) bond motifs is 2. The van der Waals surface area contributed by atoms with E-state index in [1.807, 2.05) is 37.3 Å². The summed E-state index contributed by atoms with van der Waals surface area (Å²) in [5, 5.41) is 3.52. The number of hydrogen-bond acceptors (Lipinski definition) is 8. The van der Waals surface area contributed by atoms with E-state index in [0.29, 0.717) is 44.3 Å². The number of thioether (sulfide) groups is 1. The number of aryl methyl sites for hydroxylation is 1. The Morgan fingerprint density at radius 3 is 2.81 bits per heavy atom. The maximum Gasteiger partial charge on any atom is 0.267 e. The van der Waals surface area contributed by atoms with Crippen molar-refractivity contribution < 1.29 is 14.3 Å². The summed E-state index contributed by atoms with van der Waals surface area (Å²) < 4.78 is 12.8. The number of thiocarbonyl (C=S) groups is 1. The van der Waals surface area contributed by atoms with Gasteiger partial charge in [0.1, 0.15) is 15.8 Å². The van der Waals surface area contributed by atoms with Gasteiger partial charge in [-0.1, -0.05) is 55.4 Å². The molecule has 0 spiro atoms. The Morgan fingerprint density at radius 1 is 1.16 bits per heavy atom. The number of carbonyl (C=O) groups excluding carboxylic acids is 1. The minimum Gasteiger partial charge on any atom is -0.454 e. The first kappa shape index (κ1) is 24.0. The van der Waals surface area contributed by atoms with Gasteiger partial charge in [-0.05, 0) is 55.2 Å². The third-order valence-corrected chi connectivity index (χ3v) is 8.33. The Hall–Kier alpha value is -3.37. The molecule has 3 aromatic rings. The number of carbonyl (C=O) groups is 1. The molecule has 1 aromatic carbocycles. The van der Waals surface area contributed by atoms with E-state index in [2.05, 4.69) is 5.32 Å². The molecule has 0 atom stereocenters. The first-order valence-electron chi connectivity index (χ1n) is 12.4. The fourth-order valence-corrected chi connectivity index (χ4v) is 6.22. The van der Waals surface area contributed by atoms with Crippen molar-refractivity contribution in [3.63, 3.8) is 0 Å². The van der Waals surface area contributed by atoms with E-state index >= 15 is 0 Å². The number of nitrogens with zero attached hydrogens (tertiary/aromatic N) is 3. The predicted molar refractivity (Wildman–Crippen MR) is 148 cm³/mol. The second-order valence-electron chi connectivity index (χ2n) is 9.50. The fourth-order valence-electron chi connectivity index (χ4n) is 4.98. The molecule has 6 rings (SSSR count). The number of nitrogens with one attached hydrogen (secondary N) is 1. The Morgan fingerprint density at radius 2 is 1.97 bits per heavy atom. The van der Waals surface area contributed by atoms with Gasteiger partial charge in [0, 0.05) is 12.2 Å². The van der Waals surface area contributed by atoms with Crippen LogP contribution < -0.4 is 20.3 Å². The van der Waals surface area contributed by atoms with Crippen molar-refractivity contribution in [3.8, 4) is 11.5 Å². The van der Waals surface area contributed by atoms with E-state index in [1.165, 1.54) is 18.2 Å². The zero-order valence-corrected chi connectivity index (χ0v) is 22.0. The smallest absolute Gasteiger partial charge is 0.267 e. The minimum absolute atomic E-state index is 0.189. The summed E-state index contributed by atoms with van der Waals surface area (Å²) in [6.07, 6.45) is 8.95. The number of anilines is 1. The minimum atomic E-state index is -0.231. The van der Waals surface area contributed by atoms with Crippen molar-refractivity contribution in [2.45, 2.75) is 51.6 Å². The highest BCUT2D eigenvalue weighted by Crippen LogP contribution is 2.37. The lowest BCUT2D eigenvalue weighted by Crippen LogP contribution is -2.28. The molecule has 190 valence electrons. The largest absolute Gasteiger partial charge is 0.454 e. The molecule has 10 heteroatoms. The van der Waals surface area contributed by atoms with Crippen LogP contribution in [0.2, 0.25) is 0 Å². The molecule has 1 saturated heterocycles. The molecule has 0 unspecified atom stereocenters. The van der Waals surface area contributed by atoms with Crippen molar-refractivity contribution in [3.05, 3.63) is 68.5 Å². The van der Waals surface area contributed by atoms with Crippen LogP contribution in [0.25, 0.3) is 11.7 Å². The van der Waals surface area contributed by atoms with Crippen LogP contribution in [0.3, 0.4) is 0 Å². The Balaban J connectivity index is 1.35. The molecule has 3 aliphatic rings. The van der Waals surface area contributed by atoms with Gasteiger partial charge in [0.15, 0.2) is 11.5 Å². The monoisotopic (exact) mass is 534 g/mol. The maximum absolute atomic E-state index is 13.6. The van der Waals surface area contributed by atoms with Gasteiger partial charge in [-0.2, -0.15) is 0 Å². The van der Waals surface area contributed by atoms with Crippen molar-refractivity contribution in [1.29, 1.82) is 0 Å². The van der Waals surface area contributed by atoms with Gasteiger partial charge in [0.25, 0.3) is 11.5 Å². The van der Waals surface area contributed by atoms with Crippen LogP contribution in [0.4, 0.5) is 5.82 Å². The van der Waals surface area contributed by atoms with Gasteiger partial charge in [0.05, 0.1) is 17.0 Å². The van der Waals surface area contributed by atoms with E-state index in [1.54, 1.807) is 21.6 Å². The van der Waals surface area contributed by atoms with Crippen LogP contribution in [0, 0.1) is 6.92 Å². The summed E-state index contributed by atoms with van der Waals surface area (Å²) >= 11 is 6.76. The maximum atomic E-state index is 13.6. The lowest BCUT2D eigenvalue weighted by molar-refractivity contribution is -0.122. The third-order valence-electron chi connectivity index (χ3n) is 6.96. The average molecular weight is 535 g/mol. The summed E-state index contributed by atoms with van der Waals surface area (Å²) in [6.45, 7) is 2.43. The molecule has 0 radical (unpaired) electrons. The number of hydrogen-bond donors (Lipinski definition) is 1. The summed E-state index contributed by atoms with van der Waals surface area (Å²) in [5.41, 5.74) is 2.56. The van der Waals surface area contributed by atoms with Gasteiger partial charge in [-0.3, -0.25) is 18.9 Å². The number of aromatic nitrogens is 2. The van der Waals surface area contributed by atoms with Gasteiger partial charge < -0.3 is 14.8 Å². The predicted octanol–water partition coefficient (Wildman–Crippen LogP) is 4.88. The molecule has 4 heterocycles. The zero-order chi connectivity index (χ0) is 25.5. The SMILES string of the molecule is Cc1cccn2c(=O)c(/C=C3/SC(=S)N(Cc4ccc5c(c4)OCO5)C3=O)c(NC3CCCCC3)nc12. The van der Waals surface area contributed by atoms with Crippen LogP contribution >= 0.6 is 24.0 Å². The van der Waals surface area contributed by atoms with Gasteiger partial charge in [-0.15, -0.1) is 0 Å². The Labute approximate surface area is 223 Å². The van der Waals surface area contributed by atoms with Crippen LogP contribution in [0.1, 0.15) is 48.8 Å². The number of ether oxygens (including phenoxy) is 2. The molecule has 0 bridgehead atoms. The summed E-state index contributed by atoms with van der Waals surface area (Å²) in [6, 6.07) is 9.60. The lowest BCUT2D eigenvalue weighted by atomic mass is 9.95. The van der Waals surface area contributed by atoms with Crippen molar-refractivity contribution >= 4 is 51.7 Å². The number of benzene rings is 1. The standard InChI is InChI=1S/C27H26N4O4S2/c1-16-6-5-11-30-24(16)29-23(28-18-7-3-2-4-8-18)19(25(30)32)13-22-26(33)31(27(36)37-22)14-17-9-10-20-21(12-17)35-15-34-20/h5-6,9-13,18,28H,2-4,7-8,14-15H2,1H3/b22-13+. The molecular weight excluding hydrogens is 508 g/mol. The van der Waals surface area contributed by atoms with Crippen molar-refractivity contribution in [2.75, 3.05) is 12.1 Å². The van der Waals surface area contributed by atoms with E-state index < -0.39 is 0 Å². The molecule has 2 fully saturated rings. The lowest BCUT2D eigenvalue weighted by Gasteiger charge is -2.24. The second kappa shape index (κ2) is 9.83. The van der Waals surface area contributed by atoms with E-state index in [-0.39, 0.29) is 24.3 Å². The third kappa shape index (κ3) is 4.59. The zero-order valence-electron chi connectivity index (χ0n) is 20.4. The highest BCUT2D eigenvalue weighted by atomic mass is 32.2. The number of pyridine rings is 1. The highest BCUT2D eigenvalue weighted by Gasteiger charge is 2.33. The molecule has 1 aliphatic carbocycles. The summed E-state index contributed by atoms with van der Waals surface area (Å²) in [7, 11) is 0.